The van der Waals surface area contributed by atoms with E-state index in [1.165, 1.54) is 19.1 Å². The van der Waals surface area contributed by atoms with Crippen LogP contribution in [0, 0.1) is 19.7 Å². The molecule has 0 fully saturated rings. The highest BCUT2D eigenvalue weighted by Gasteiger charge is 2.27. The van der Waals surface area contributed by atoms with Crippen LogP contribution in [0.15, 0.2) is 41.3 Å². The normalized spacial score (nSPS) is 11.3. The number of carbonyl (C=O) groups excluding carboxylic acids is 1. The zero-order chi connectivity index (χ0) is 17.2. The molecule has 0 heterocycles. The standard InChI is InChI=1S/C16H15ClFNO3S/c1-11-6-7-13(10-15(11)18)23(21,22)19(8-9-20)16-5-3-4-14(17)12(16)2/h3-7,9-10H,8H2,1-2H3. The first-order valence-electron chi connectivity index (χ1n) is 6.76. The van der Waals surface area contributed by atoms with Gasteiger partial charge in [0.15, 0.2) is 0 Å². The van der Waals surface area contributed by atoms with Crippen LogP contribution in [0.25, 0.3) is 0 Å². The summed E-state index contributed by atoms with van der Waals surface area (Å²) in [5, 5.41) is 0.378. The molecule has 2 rings (SSSR count). The molecule has 23 heavy (non-hydrogen) atoms. The Kier molecular flexibility index (Phi) is 5.06. The first kappa shape index (κ1) is 17.4. The number of hydrogen-bond donors (Lipinski definition) is 0. The lowest BCUT2D eigenvalue weighted by Crippen LogP contribution is -2.33. The number of hydrogen-bond acceptors (Lipinski definition) is 3. The van der Waals surface area contributed by atoms with Crippen molar-refractivity contribution < 1.29 is 17.6 Å². The lowest BCUT2D eigenvalue weighted by atomic mass is 10.2. The number of carbonyl (C=O) groups is 1. The van der Waals surface area contributed by atoms with Crippen molar-refractivity contribution in [2.75, 3.05) is 10.8 Å². The van der Waals surface area contributed by atoms with Gasteiger partial charge in [0.25, 0.3) is 10.0 Å². The van der Waals surface area contributed by atoms with Gasteiger partial charge in [0.2, 0.25) is 0 Å². The zero-order valence-electron chi connectivity index (χ0n) is 12.6. The summed E-state index contributed by atoms with van der Waals surface area (Å²) in [7, 11) is -4.09. The van der Waals surface area contributed by atoms with Gasteiger partial charge in [-0.1, -0.05) is 23.7 Å². The average Bonchev–Trinajstić information content (AvgIpc) is 2.50. The van der Waals surface area contributed by atoms with Gasteiger partial charge in [-0.15, -0.1) is 0 Å². The molecule has 0 atom stereocenters. The van der Waals surface area contributed by atoms with Gasteiger partial charge in [0.1, 0.15) is 12.1 Å². The topological polar surface area (TPSA) is 54.5 Å². The van der Waals surface area contributed by atoms with Gasteiger partial charge in [0.05, 0.1) is 17.1 Å². The molecule has 4 nitrogen and oxygen atoms in total. The number of aryl methyl sites for hydroxylation is 1. The van der Waals surface area contributed by atoms with Crippen molar-refractivity contribution in [3.05, 3.63) is 58.4 Å². The Hall–Kier alpha value is -1.92. The van der Waals surface area contributed by atoms with Crippen LogP contribution in [-0.2, 0) is 14.8 Å². The first-order chi connectivity index (χ1) is 10.8. The minimum Gasteiger partial charge on any atom is -0.301 e. The second-order valence-corrected chi connectivity index (χ2v) is 7.27. The van der Waals surface area contributed by atoms with E-state index in [1.807, 2.05) is 0 Å². The highest BCUT2D eigenvalue weighted by Crippen LogP contribution is 2.30. The van der Waals surface area contributed by atoms with Crippen LogP contribution in [0.1, 0.15) is 11.1 Å². The fourth-order valence-corrected chi connectivity index (χ4v) is 3.75. The molecule has 0 aliphatic heterocycles. The molecule has 0 saturated heterocycles. The van der Waals surface area contributed by atoms with Gasteiger partial charge >= 0.3 is 0 Å². The zero-order valence-corrected chi connectivity index (χ0v) is 14.2. The quantitative estimate of drug-likeness (QED) is 0.771. The van der Waals surface area contributed by atoms with Crippen LogP contribution < -0.4 is 4.31 Å². The van der Waals surface area contributed by atoms with Crippen molar-refractivity contribution in [3.8, 4) is 0 Å². The summed E-state index contributed by atoms with van der Waals surface area (Å²) in [6, 6.07) is 8.40. The van der Waals surface area contributed by atoms with Gasteiger partial charge in [0, 0.05) is 5.02 Å². The Morgan fingerprint density at radius 3 is 2.52 bits per heavy atom. The molecule has 0 aromatic heterocycles. The van der Waals surface area contributed by atoms with Crippen molar-refractivity contribution in [1.82, 2.24) is 0 Å². The minimum atomic E-state index is -4.09. The molecule has 0 aliphatic carbocycles. The summed E-state index contributed by atoms with van der Waals surface area (Å²) < 4.78 is 40.3. The Labute approximate surface area is 139 Å². The number of benzene rings is 2. The fourth-order valence-electron chi connectivity index (χ4n) is 2.12. The van der Waals surface area contributed by atoms with E-state index in [9.17, 15) is 17.6 Å². The molecular weight excluding hydrogens is 341 g/mol. The van der Waals surface area contributed by atoms with Crippen molar-refractivity contribution in [2.45, 2.75) is 18.7 Å². The maximum atomic E-state index is 13.7. The molecule has 122 valence electrons. The molecular formula is C16H15ClFNO3S. The first-order valence-corrected chi connectivity index (χ1v) is 8.58. The minimum absolute atomic E-state index is 0.221. The molecule has 0 N–H and O–H groups in total. The summed E-state index contributed by atoms with van der Waals surface area (Å²) in [6.45, 7) is 2.80. The van der Waals surface area contributed by atoms with Crippen LogP contribution in [0.4, 0.5) is 10.1 Å². The van der Waals surface area contributed by atoms with E-state index in [1.54, 1.807) is 25.1 Å². The predicted molar refractivity (Wildman–Crippen MR) is 87.9 cm³/mol. The Balaban J connectivity index is 2.61. The highest BCUT2D eigenvalue weighted by atomic mass is 35.5. The number of rotatable bonds is 5. The van der Waals surface area contributed by atoms with E-state index in [0.717, 1.165) is 10.4 Å². The largest absolute Gasteiger partial charge is 0.301 e. The lowest BCUT2D eigenvalue weighted by molar-refractivity contribution is -0.106. The van der Waals surface area contributed by atoms with Crippen LogP contribution in [-0.4, -0.2) is 21.2 Å². The van der Waals surface area contributed by atoms with Crippen LogP contribution >= 0.6 is 11.6 Å². The monoisotopic (exact) mass is 355 g/mol. The number of aldehydes is 1. The van der Waals surface area contributed by atoms with E-state index >= 15 is 0 Å². The predicted octanol–water partition coefficient (Wildman–Crippen LogP) is 3.49. The second kappa shape index (κ2) is 6.68. The van der Waals surface area contributed by atoms with E-state index in [2.05, 4.69) is 0 Å². The molecule has 0 unspecified atom stereocenters. The van der Waals surface area contributed by atoms with Crippen LogP contribution in [0.5, 0.6) is 0 Å². The highest BCUT2D eigenvalue weighted by molar-refractivity contribution is 7.92. The maximum Gasteiger partial charge on any atom is 0.264 e. The summed E-state index contributed by atoms with van der Waals surface area (Å²) >= 11 is 6.03. The smallest absolute Gasteiger partial charge is 0.264 e. The van der Waals surface area contributed by atoms with Crippen LogP contribution in [0.3, 0.4) is 0 Å². The summed E-state index contributed by atoms with van der Waals surface area (Å²) in [4.78, 5) is 10.8. The fraction of sp³-hybridized carbons (Fsp3) is 0.188. The van der Waals surface area contributed by atoms with E-state index in [0.29, 0.717) is 22.4 Å². The Morgan fingerprint density at radius 2 is 1.91 bits per heavy atom. The number of anilines is 1. The summed E-state index contributed by atoms with van der Waals surface area (Å²) in [5.74, 6) is -0.625. The molecule has 0 amide bonds. The number of nitrogens with zero attached hydrogens (tertiary/aromatic N) is 1. The van der Waals surface area contributed by atoms with Crippen molar-refractivity contribution >= 4 is 33.6 Å². The number of halogens is 2. The van der Waals surface area contributed by atoms with Gasteiger partial charge in [-0.2, -0.15) is 0 Å². The third-order valence-electron chi connectivity index (χ3n) is 3.48. The Bertz CT molecular complexity index is 852. The van der Waals surface area contributed by atoms with Gasteiger partial charge < -0.3 is 4.79 Å². The van der Waals surface area contributed by atoms with Crippen molar-refractivity contribution in [2.24, 2.45) is 0 Å². The third-order valence-corrected chi connectivity index (χ3v) is 5.66. The molecule has 0 saturated carbocycles. The van der Waals surface area contributed by atoms with E-state index in [4.69, 9.17) is 11.6 Å². The van der Waals surface area contributed by atoms with Gasteiger partial charge in [-0.3, -0.25) is 4.31 Å². The van der Waals surface area contributed by atoms with E-state index in [-0.39, 0.29) is 17.1 Å². The third kappa shape index (κ3) is 3.38. The van der Waals surface area contributed by atoms with Crippen molar-refractivity contribution in [3.63, 3.8) is 0 Å². The number of sulfonamides is 1. The molecule has 0 radical (unpaired) electrons. The van der Waals surface area contributed by atoms with Crippen molar-refractivity contribution in [1.29, 1.82) is 0 Å². The Morgan fingerprint density at radius 1 is 1.22 bits per heavy atom. The summed E-state index contributed by atoms with van der Waals surface area (Å²) in [5.41, 5.74) is 1.14. The molecule has 2 aromatic carbocycles. The maximum absolute atomic E-state index is 13.7. The van der Waals surface area contributed by atoms with Gasteiger partial charge in [-0.25, -0.2) is 12.8 Å². The average molecular weight is 356 g/mol. The molecule has 0 aliphatic rings. The molecule has 7 heteroatoms. The SMILES string of the molecule is Cc1ccc(S(=O)(=O)N(CC=O)c2cccc(Cl)c2C)cc1F. The van der Waals surface area contributed by atoms with Crippen LogP contribution in [0.2, 0.25) is 5.02 Å². The molecule has 0 bridgehead atoms. The summed E-state index contributed by atoms with van der Waals surface area (Å²) in [6.07, 6.45) is 0.475. The molecule has 0 spiro atoms. The lowest BCUT2D eigenvalue weighted by Gasteiger charge is -2.24. The van der Waals surface area contributed by atoms with Gasteiger partial charge in [-0.05, 0) is 49.2 Å². The van der Waals surface area contributed by atoms with E-state index < -0.39 is 15.8 Å². The molecule has 2 aromatic rings. The second-order valence-electron chi connectivity index (χ2n) is 5.00.